The van der Waals surface area contributed by atoms with Crippen LogP contribution in [-0.4, -0.2) is 47.5 Å². The minimum absolute atomic E-state index is 0.00835. The van der Waals surface area contributed by atoms with Crippen molar-refractivity contribution in [3.63, 3.8) is 0 Å². The molecule has 2 fully saturated rings. The third-order valence-corrected chi connectivity index (χ3v) is 6.46. The van der Waals surface area contributed by atoms with Crippen molar-refractivity contribution in [3.05, 3.63) is 64.7 Å². The van der Waals surface area contributed by atoms with Crippen molar-refractivity contribution in [2.45, 2.75) is 50.5 Å². The van der Waals surface area contributed by atoms with E-state index in [-0.39, 0.29) is 30.6 Å². The first-order valence-corrected chi connectivity index (χ1v) is 11.0. The smallest absolute Gasteiger partial charge is 0.234 e. The third kappa shape index (κ3) is 5.12. The average molecular weight is 439 g/mol. The molecule has 2 aromatic carbocycles. The SMILES string of the molecule is COc1ccc(CN(CC(=O)N[C@@H]2C[C@@H]3CC[C@H]2N3C#N)Cc2cccc(Cl)c2)cc1. The largest absolute Gasteiger partial charge is 0.497 e. The number of hydrogen-bond donors (Lipinski definition) is 1. The van der Waals surface area contributed by atoms with Crippen LogP contribution in [0.2, 0.25) is 5.02 Å². The fourth-order valence-corrected chi connectivity index (χ4v) is 5.02. The summed E-state index contributed by atoms with van der Waals surface area (Å²) < 4.78 is 5.24. The zero-order chi connectivity index (χ0) is 21.8. The number of amides is 1. The monoisotopic (exact) mass is 438 g/mol. The predicted molar refractivity (Wildman–Crippen MR) is 119 cm³/mol. The Kier molecular flexibility index (Phi) is 6.64. The van der Waals surface area contributed by atoms with Gasteiger partial charge in [-0.15, -0.1) is 0 Å². The van der Waals surface area contributed by atoms with Gasteiger partial charge in [0.25, 0.3) is 0 Å². The predicted octanol–water partition coefficient (Wildman–Crippen LogP) is 3.55. The second-order valence-electron chi connectivity index (χ2n) is 8.34. The maximum Gasteiger partial charge on any atom is 0.234 e. The number of carbonyl (C=O) groups excluding carboxylic acids is 1. The second kappa shape index (κ2) is 9.59. The first-order chi connectivity index (χ1) is 15.1. The van der Waals surface area contributed by atoms with Crippen molar-refractivity contribution in [2.24, 2.45) is 0 Å². The molecule has 2 heterocycles. The van der Waals surface area contributed by atoms with E-state index >= 15 is 0 Å². The van der Waals surface area contributed by atoms with Crippen molar-refractivity contribution in [1.82, 2.24) is 15.1 Å². The molecule has 0 aromatic heterocycles. The fraction of sp³-hybridized carbons (Fsp3) is 0.417. The summed E-state index contributed by atoms with van der Waals surface area (Å²) in [6, 6.07) is 16.1. The van der Waals surface area contributed by atoms with E-state index in [9.17, 15) is 10.1 Å². The van der Waals surface area contributed by atoms with E-state index in [1.807, 2.05) is 53.4 Å². The molecule has 0 unspecified atom stereocenters. The highest BCUT2D eigenvalue weighted by atomic mass is 35.5. The van der Waals surface area contributed by atoms with Gasteiger partial charge in [-0.25, -0.2) is 0 Å². The summed E-state index contributed by atoms with van der Waals surface area (Å²) in [5, 5.41) is 13.2. The van der Waals surface area contributed by atoms with Crippen LogP contribution >= 0.6 is 11.6 Å². The zero-order valence-corrected chi connectivity index (χ0v) is 18.4. The van der Waals surface area contributed by atoms with E-state index in [4.69, 9.17) is 16.3 Å². The summed E-state index contributed by atoms with van der Waals surface area (Å²) in [5.41, 5.74) is 2.16. The molecule has 2 aliphatic rings. The van der Waals surface area contributed by atoms with Crippen molar-refractivity contribution in [1.29, 1.82) is 5.26 Å². The Morgan fingerprint density at radius 2 is 2.00 bits per heavy atom. The highest BCUT2D eigenvalue weighted by Crippen LogP contribution is 2.36. The number of halogens is 1. The summed E-state index contributed by atoms with van der Waals surface area (Å²) in [7, 11) is 1.65. The Bertz CT molecular complexity index is 959. The van der Waals surface area contributed by atoms with E-state index in [0.29, 0.717) is 18.1 Å². The van der Waals surface area contributed by atoms with Gasteiger partial charge in [0.2, 0.25) is 5.91 Å². The van der Waals surface area contributed by atoms with Gasteiger partial charge >= 0.3 is 0 Å². The molecular weight excluding hydrogens is 412 g/mol. The highest BCUT2D eigenvalue weighted by molar-refractivity contribution is 6.30. The molecule has 7 heteroatoms. The fourth-order valence-electron chi connectivity index (χ4n) is 4.81. The standard InChI is InChI=1S/C24H27ClN4O2/c1-31-21-8-5-17(6-9-21)13-28(14-18-3-2-4-19(25)11-18)15-24(30)27-22-12-20-7-10-23(22)29(20)16-26/h2-6,8-9,11,20,22-23H,7,10,12-15H2,1H3,(H,27,30)/t20-,22+,23+/m0/s1. The number of rotatable bonds is 8. The number of carbonyl (C=O) groups is 1. The summed E-state index contributed by atoms with van der Waals surface area (Å²) in [4.78, 5) is 16.9. The van der Waals surface area contributed by atoms with Gasteiger partial charge in [-0.05, 0) is 54.7 Å². The average Bonchev–Trinajstić information content (AvgIpc) is 3.30. The summed E-state index contributed by atoms with van der Waals surface area (Å²) in [6.45, 7) is 1.52. The van der Waals surface area contributed by atoms with Crippen LogP contribution in [0.25, 0.3) is 0 Å². The number of nitrogens with zero attached hydrogens (tertiary/aromatic N) is 3. The van der Waals surface area contributed by atoms with Crippen molar-refractivity contribution >= 4 is 17.5 Å². The molecule has 2 aromatic rings. The summed E-state index contributed by atoms with van der Waals surface area (Å²) in [6.07, 6.45) is 5.17. The van der Waals surface area contributed by atoms with Crippen LogP contribution in [0, 0.1) is 11.5 Å². The van der Waals surface area contributed by atoms with Gasteiger partial charge < -0.3 is 15.0 Å². The molecule has 0 radical (unpaired) electrons. The Balaban J connectivity index is 1.43. The quantitative estimate of drug-likeness (QED) is 0.638. The van der Waals surface area contributed by atoms with Gasteiger partial charge in [0, 0.05) is 24.2 Å². The molecule has 3 atom stereocenters. The van der Waals surface area contributed by atoms with Gasteiger partial charge in [0.05, 0.1) is 25.7 Å². The van der Waals surface area contributed by atoms with Crippen molar-refractivity contribution < 1.29 is 9.53 Å². The lowest BCUT2D eigenvalue weighted by molar-refractivity contribution is -0.123. The maximum atomic E-state index is 12.9. The van der Waals surface area contributed by atoms with Gasteiger partial charge in [-0.1, -0.05) is 35.9 Å². The molecule has 31 heavy (non-hydrogen) atoms. The van der Waals surface area contributed by atoms with Crippen LogP contribution < -0.4 is 10.1 Å². The number of benzene rings is 2. The van der Waals surface area contributed by atoms with E-state index in [1.165, 1.54) is 0 Å². The van der Waals surface area contributed by atoms with Crippen LogP contribution in [0.1, 0.15) is 30.4 Å². The molecule has 0 saturated carbocycles. The lowest BCUT2D eigenvalue weighted by Gasteiger charge is -2.26. The minimum Gasteiger partial charge on any atom is -0.497 e. The number of methoxy groups -OCH3 is 1. The highest BCUT2D eigenvalue weighted by Gasteiger charge is 2.46. The van der Waals surface area contributed by atoms with Gasteiger partial charge in [0.15, 0.2) is 6.19 Å². The van der Waals surface area contributed by atoms with Gasteiger partial charge in [-0.2, -0.15) is 5.26 Å². The Labute approximate surface area is 188 Å². The molecule has 1 N–H and O–H groups in total. The number of nitrogens with one attached hydrogen (secondary N) is 1. The maximum absolute atomic E-state index is 12.9. The van der Waals surface area contributed by atoms with Gasteiger partial charge in [-0.3, -0.25) is 9.69 Å². The van der Waals surface area contributed by atoms with Crippen molar-refractivity contribution in [3.8, 4) is 11.9 Å². The van der Waals surface area contributed by atoms with E-state index in [1.54, 1.807) is 7.11 Å². The van der Waals surface area contributed by atoms with Crippen LogP contribution in [0.15, 0.2) is 48.5 Å². The number of nitriles is 1. The molecule has 2 aliphatic heterocycles. The molecule has 162 valence electrons. The summed E-state index contributed by atoms with van der Waals surface area (Å²) >= 11 is 6.16. The second-order valence-corrected chi connectivity index (χ2v) is 8.78. The molecule has 0 aliphatic carbocycles. The molecule has 2 bridgehead atoms. The molecule has 6 nitrogen and oxygen atoms in total. The Morgan fingerprint density at radius 3 is 2.68 bits per heavy atom. The van der Waals surface area contributed by atoms with E-state index < -0.39 is 0 Å². The van der Waals surface area contributed by atoms with Crippen LogP contribution in [0.4, 0.5) is 0 Å². The molecule has 0 spiro atoms. The minimum atomic E-state index is -0.00835. The first kappa shape index (κ1) is 21.5. The topological polar surface area (TPSA) is 68.6 Å². The first-order valence-electron chi connectivity index (χ1n) is 10.6. The van der Waals surface area contributed by atoms with E-state index in [0.717, 1.165) is 36.1 Å². The van der Waals surface area contributed by atoms with Crippen LogP contribution in [-0.2, 0) is 17.9 Å². The molecule has 1 amide bonds. The molecule has 2 saturated heterocycles. The van der Waals surface area contributed by atoms with Crippen LogP contribution in [0.5, 0.6) is 5.75 Å². The normalized spacial score (nSPS) is 21.9. The number of ether oxygens (including phenoxy) is 1. The Morgan fingerprint density at radius 1 is 1.23 bits per heavy atom. The number of hydrogen-bond acceptors (Lipinski definition) is 5. The van der Waals surface area contributed by atoms with Gasteiger partial charge in [0.1, 0.15) is 5.75 Å². The Hall–Kier alpha value is -2.75. The lowest BCUT2D eigenvalue weighted by atomic mass is 9.95. The summed E-state index contributed by atoms with van der Waals surface area (Å²) in [5.74, 6) is 0.798. The lowest BCUT2D eigenvalue weighted by Crippen LogP contribution is -2.46. The third-order valence-electron chi connectivity index (χ3n) is 6.23. The van der Waals surface area contributed by atoms with Crippen molar-refractivity contribution in [2.75, 3.05) is 13.7 Å². The molecule has 4 rings (SSSR count). The zero-order valence-electron chi connectivity index (χ0n) is 17.6. The van der Waals surface area contributed by atoms with E-state index in [2.05, 4.69) is 16.4 Å². The van der Waals surface area contributed by atoms with Crippen LogP contribution in [0.3, 0.4) is 0 Å². The molecular formula is C24H27ClN4O2. The number of fused-ring (bicyclic) bond motifs is 2.